The summed E-state index contributed by atoms with van der Waals surface area (Å²) in [6.45, 7) is 3.31. The van der Waals surface area contributed by atoms with E-state index in [2.05, 4.69) is 44.0 Å². The molecule has 262 valence electrons. The molecule has 0 aromatic heterocycles. The molecule has 0 fully saturated rings. The van der Waals surface area contributed by atoms with Crippen LogP contribution in [-0.4, -0.2) is 49.9 Å². The number of benzene rings is 4. The second kappa shape index (κ2) is 19.9. The minimum Gasteiger partial charge on any atom is -0.331 e. The molecule has 0 aliphatic heterocycles. The molecule has 0 unspecified atom stereocenters. The Balaban J connectivity index is 0.00000417. The van der Waals surface area contributed by atoms with E-state index in [1.807, 2.05) is 48.5 Å². The van der Waals surface area contributed by atoms with E-state index in [1.54, 1.807) is 48.5 Å². The van der Waals surface area contributed by atoms with E-state index in [9.17, 15) is 14.4 Å². The third-order valence-corrected chi connectivity index (χ3v) is 8.19. The number of rotatable bonds is 16. The van der Waals surface area contributed by atoms with Gasteiger partial charge in [-0.3, -0.25) is 14.4 Å². The summed E-state index contributed by atoms with van der Waals surface area (Å²) in [5.41, 5.74) is 5.93. The zero-order valence-electron chi connectivity index (χ0n) is 28.3. The van der Waals surface area contributed by atoms with Gasteiger partial charge in [-0.2, -0.15) is 0 Å². The smallest absolute Gasteiger partial charge is 0.255 e. The topological polar surface area (TPSA) is 87.3 Å². The van der Waals surface area contributed by atoms with Crippen LogP contribution in [0.3, 0.4) is 0 Å². The van der Waals surface area contributed by atoms with E-state index in [1.165, 1.54) is 56.2 Å². The van der Waals surface area contributed by atoms with Crippen LogP contribution >= 0.6 is 0 Å². The number of amides is 3. The fraction of sp³-hybridized carbons (Fsp3) is 0.357. The number of unbranched alkanes of at least 4 members (excludes halogenated alkanes) is 5. The fourth-order valence-corrected chi connectivity index (χ4v) is 5.29. The lowest BCUT2D eigenvalue weighted by molar-refractivity contribution is -0.870. The van der Waals surface area contributed by atoms with Gasteiger partial charge in [0.2, 0.25) is 0 Å². The first-order chi connectivity index (χ1) is 22.6. The third kappa shape index (κ3) is 13.7. The second-order valence-electron chi connectivity index (χ2n) is 13.1. The fourth-order valence-electron chi connectivity index (χ4n) is 5.29. The summed E-state index contributed by atoms with van der Waals surface area (Å²) in [4.78, 5) is 38.2. The number of hydrogen-bond donors (Lipinski definition) is 3. The molecule has 7 nitrogen and oxygen atoms in total. The molecule has 0 saturated carbocycles. The van der Waals surface area contributed by atoms with E-state index >= 15 is 0 Å². The van der Waals surface area contributed by atoms with E-state index in [4.69, 9.17) is 0 Å². The average Bonchev–Trinajstić information content (AvgIpc) is 3.07. The van der Waals surface area contributed by atoms with Crippen molar-refractivity contribution in [3.05, 3.63) is 125 Å². The lowest BCUT2D eigenvalue weighted by atomic mass is 10.0. The lowest BCUT2D eigenvalue weighted by Crippen LogP contribution is -2.35. The SMILES string of the molecule is C.C.CCc1ccc(C(=O)Nc2ccc(C(=O)Nc3ccc(NC(=O)c4ccc(CCCCCCCC[N+](C)(C)C)cc4)cc3)cc2)cc1. The van der Waals surface area contributed by atoms with Gasteiger partial charge in [-0.1, -0.05) is 65.3 Å². The highest BCUT2D eigenvalue weighted by atomic mass is 16.2. The molecular formula is C42H57N4O3+. The van der Waals surface area contributed by atoms with Crippen LogP contribution in [0.1, 0.15) is 103 Å². The van der Waals surface area contributed by atoms with Gasteiger partial charge in [-0.05, 0) is 116 Å². The summed E-state index contributed by atoms with van der Waals surface area (Å²) < 4.78 is 1.04. The maximum absolute atomic E-state index is 12.8. The van der Waals surface area contributed by atoms with Gasteiger partial charge in [0.1, 0.15) is 0 Å². The van der Waals surface area contributed by atoms with Gasteiger partial charge in [0.25, 0.3) is 17.7 Å². The highest BCUT2D eigenvalue weighted by molar-refractivity contribution is 6.07. The first-order valence-corrected chi connectivity index (χ1v) is 16.7. The van der Waals surface area contributed by atoms with Gasteiger partial charge in [-0.15, -0.1) is 0 Å². The Kier molecular flexibility index (Phi) is 16.4. The quantitative estimate of drug-likeness (QED) is 0.0823. The van der Waals surface area contributed by atoms with Gasteiger partial charge in [0.15, 0.2) is 0 Å². The van der Waals surface area contributed by atoms with Crippen molar-refractivity contribution in [2.45, 2.75) is 73.1 Å². The largest absolute Gasteiger partial charge is 0.331 e. The normalized spacial score (nSPS) is 10.7. The number of hydrogen-bond acceptors (Lipinski definition) is 3. The molecule has 0 aliphatic rings. The van der Waals surface area contributed by atoms with Crippen LogP contribution in [0.5, 0.6) is 0 Å². The van der Waals surface area contributed by atoms with Crippen molar-refractivity contribution in [1.82, 2.24) is 0 Å². The number of quaternary nitrogens is 1. The second-order valence-corrected chi connectivity index (χ2v) is 13.1. The molecular weight excluding hydrogens is 608 g/mol. The minimum absolute atomic E-state index is 0. The van der Waals surface area contributed by atoms with Crippen molar-refractivity contribution < 1.29 is 18.9 Å². The molecule has 7 heteroatoms. The maximum Gasteiger partial charge on any atom is 0.255 e. The van der Waals surface area contributed by atoms with E-state index < -0.39 is 0 Å². The third-order valence-electron chi connectivity index (χ3n) is 8.19. The molecule has 4 aromatic rings. The predicted molar refractivity (Wildman–Crippen MR) is 207 cm³/mol. The Morgan fingerprint density at radius 1 is 0.469 bits per heavy atom. The molecule has 3 N–H and O–H groups in total. The van der Waals surface area contributed by atoms with Gasteiger partial charge in [0.05, 0.1) is 27.7 Å². The van der Waals surface area contributed by atoms with Crippen molar-refractivity contribution >= 4 is 34.8 Å². The van der Waals surface area contributed by atoms with Crippen LogP contribution in [-0.2, 0) is 12.8 Å². The summed E-state index contributed by atoms with van der Waals surface area (Å²) in [6, 6.07) is 29.1. The summed E-state index contributed by atoms with van der Waals surface area (Å²) in [7, 11) is 6.74. The lowest BCUT2D eigenvalue weighted by Gasteiger charge is -2.23. The number of carbonyl (C=O) groups is 3. The summed E-state index contributed by atoms with van der Waals surface area (Å²) in [6.07, 6.45) is 9.54. The van der Waals surface area contributed by atoms with Gasteiger partial charge >= 0.3 is 0 Å². The molecule has 0 radical (unpaired) electrons. The molecule has 0 atom stereocenters. The van der Waals surface area contributed by atoms with Crippen LogP contribution < -0.4 is 16.0 Å². The number of anilines is 3. The van der Waals surface area contributed by atoms with Crippen molar-refractivity contribution in [1.29, 1.82) is 0 Å². The van der Waals surface area contributed by atoms with E-state index in [0.717, 1.165) is 17.3 Å². The highest BCUT2D eigenvalue weighted by Gasteiger charge is 2.11. The standard InChI is InChI=1S/C40H48N4O3.2CH4/c1-5-30-13-17-32(18-14-30)38(45)41-35-23-21-34(22-24-35)40(47)43-37-27-25-36(26-28-37)42-39(46)33-19-15-31(16-20-33)12-10-8-6-7-9-11-29-44(2,3)4;;/h13-28H,5-12,29H2,1-4H3,(H2-,41,42,43,45,46,47);2*1H4/p+1. The van der Waals surface area contributed by atoms with Crippen LogP contribution in [0.2, 0.25) is 0 Å². The van der Waals surface area contributed by atoms with Gasteiger partial charge in [0, 0.05) is 33.8 Å². The number of nitrogens with one attached hydrogen (secondary N) is 3. The van der Waals surface area contributed by atoms with Crippen molar-refractivity contribution in [3.63, 3.8) is 0 Å². The predicted octanol–water partition coefficient (Wildman–Crippen LogP) is 9.87. The molecule has 0 heterocycles. The zero-order chi connectivity index (χ0) is 33.6. The van der Waals surface area contributed by atoms with Gasteiger partial charge < -0.3 is 20.4 Å². The minimum atomic E-state index is -0.273. The zero-order valence-corrected chi connectivity index (χ0v) is 28.3. The molecule has 0 aliphatic carbocycles. The number of aryl methyl sites for hydroxylation is 2. The van der Waals surface area contributed by atoms with Crippen molar-refractivity contribution in [3.8, 4) is 0 Å². The highest BCUT2D eigenvalue weighted by Crippen LogP contribution is 2.18. The molecule has 0 bridgehead atoms. The van der Waals surface area contributed by atoms with Crippen molar-refractivity contribution in [2.75, 3.05) is 43.6 Å². The van der Waals surface area contributed by atoms with Crippen LogP contribution in [0.25, 0.3) is 0 Å². The first kappa shape index (κ1) is 40.4. The van der Waals surface area contributed by atoms with Crippen molar-refractivity contribution in [2.24, 2.45) is 0 Å². The van der Waals surface area contributed by atoms with Crippen LogP contribution in [0.4, 0.5) is 17.1 Å². The Bertz CT molecular complexity index is 1590. The summed E-state index contributed by atoms with van der Waals surface area (Å²) in [5, 5.41) is 8.66. The molecule has 3 amide bonds. The van der Waals surface area contributed by atoms with E-state index in [0.29, 0.717) is 33.8 Å². The maximum atomic E-state index is 12.8. The molecule has 0 spiro atoms. The van der Waals surface area contributed by atoms with Crippen LogP contribution in [0.15, 0.2) is 97.1 Å². The Morgan fingerprint density at radius 3 is 1.18 bits per heavy atom. The average molecular weight is 666 g/mol. The molecule has 0 saturated heterocycles. The molecule has 4 rings (SSSR count). The Labute approximate surface area is 294 Å². The Morgan fingerprint density at radius 2 is 0.796 bits per heavy atom. The number of nitrogens with zero attached hydrogens (tertiary/aromatic N) is 1. The first-order valence-electron chi connectivity index (χ1n) is 16.7. The summed E-state index contributed by atoms with van der Waals surface area (Å²) in [5.74, 6) is -0.648. The Hall–Kier alpha value is -4.75. The molecule has 49 heavy (non-hydrogen) atoms. The monoisotopic (exact) mass is 665 g/mol. The number of carbonyl (C=O) groups excluding carboxylic acids is 3. The van der Waals surface area contributed by atoms with Crippen LogP contribution in [0, 0.1) is 0 Å². The molecule has 4 aromatic carbocycles. The van der Waals surface area contributed by atoms with E-state index in [-0.39, 0.29) is 32.6 Å². The summed E-state index contributed by atoms with van der Waals surface area (Å²) >= 11 is 0. The van der Waals surface area contributed by atoms with Gasteiger partial charge in [-0.25, -0.2) is 0 Å².